The average molecular weight is 334 g/mol. The van der Waals surface area contributed by atoms with E-state index in [0.717, 1.165) is 6.07 Å². The minimum Gasteiger partial charge on any atom is -0.398 e. The van der Waals surface area contributed by atoms with E-state index in [1.807, 2.05) is 0 Å². The molecule has 0 aliphatic carbocycles. The van der Waals surface area contributed by atoms with Crippen LogP contribution in [0.2, 0.25) is 10.0 Å². The highest BCUT2D eigenvalue weighted by Gasteiger charge is 2.20. The summed E-state index contributed by atoms with van der Waals surface area (Å²) in [6.45, 7) is 0. The van der Waals surface area contributed by atoms with Crippen molar-refractivity contribution in [3.63, 3.8) is 0 Å². The fraction of sp³-hybridized carbons (Fsp3) is 0.0769. The summed E-state index contributed by atoms with van der Waals surface area (Å²) in [6, 6.07) is 7.90. The SMILES string of the molecule is Nc1cc(Cl)ccc1S(=O)(=O)Cc1ccc(Cl)cc1F. The Hall–Kier alpha value is -1.30. The smallest absolute Gasteiger partial charge is 0.184 e. The van der Waals surface area contributed by atoms with Crippen molar-refractivity contribution in [1.29, 1.82) is 0 Å². The monoisotopic (exact) mass is 333 g/mol. The topological polar surface area (TPSA) is 60.2 Å². The van der Waals surface area contributed by atoms with Gasteiger partial charge in [0, 0.05) is 15.6 Å². The molecule has 0 aromatic heterocycles. The first kappa shape index (κ1) is 15.1. The van der Waals surface area contributed by atoms with Crippen LogP contribution in [0.4, 0.5) is 10.1 Å². The van der Waals surface area contributed by atoms with Crippen LogP contribution in [0, 0.1) is 5.82 Å². The normalized spacial score (nSPS) is 11.6. The fourth-order valence-electron chi connectivity index (χ4n) is 1.72. The Morgan fingerprint density at radius 1 is 1.05 bits per heavy atom. The third-order valence-electron chi connectivity index (χ3n) is 2.67. The summed E-state index contributed by atoms with van der Waals surface area (Å²) < 4.78 is 38.2. The van der Waals surface area contributed by atoms with E-state index in [1.165, 1.54) is 30.3 Å². The highest BCUT2D eigenvalue weighted by Crippen LogP contribution is 2.26. The number of halogens is 3. The van der Waals surface area contributed by atoms with Gasteiger partial charge in [0.05, 0.1) is 16.3 Å². The van der Waals surface area contributed by atoms with E-state index in [1.54, 1.807) is 0 Å². The second kappa shape index (κ2) is 5.60. The lowest BCUT2D eigenvalue weighted by Gasteiger charge is -2.09. The molecule has 0 bridgehead atoms. The van der Waals surface area contributed by atoms with Crippen LogP contribution in [0.25, 0.3) is 0 Å². The Morgan fingerprint density at radius 3 is 2.25 bits per heavy atom. The lowest BCUT2D eigenvalue weighted by atomic mass is 10.2. The molecule has 0 amide bonds. The van der Waals surface area contributed by atoms with Crippen LogP contribution < -0.4 is 5.73 Å². The largest absolute Gasteiger partial charge is 0.398 e. The van der Waals surface area contributed by atoms with Crippen molar-refractivity contribution in [3.05, 3.63) is 57.8 Å². The van der Waals surface area contributed by atoms with E-state index < -0.39 is 21.4 Å². The lowest BCUT2D eigenvalue weighted by molar-refractivity contribution is 0.587. The molecule has 2 N–H and O–H groups in total. The Labute approximate surface area is 126 Å². The Morgan fingerprint density at radius 2 is 1.65 bits per heavy atom. The van der Waals surface area contributed by atoms with Crippen molar-refractivity contribution in [2.45, 2.75) is 10.6 Å². The van der Waals surface area contributed by atoms with Gasteiger partial charge in [-0.3, -0.25) is 0 Å². The zero-order chi connectivity index (χ0) is 14.9. The molecule has 0 spiro atoms. The maximum atomic E-state index is 13.7. The first-order valence-electron chi connectivity index (χ1n) is 5.51. The summed E-state index contributed by atoms with van der Waals surface area (Å²) in [4.78, 5) is -0.0729. The van der Waals surface area contributed by atoms with E-state index in [4.69, 9.17) is 28.9 Å². The predicted octanol–water partition coefficient (Wildman–Crippen LogP) is 3.69. The van der Waals surface area contributed by atoms with Gasteiger partial charge in [-0.15, -0.1) is 0 Å². The number of hydrogen-bond acceptors (Lipinski definition) is 3. The molecule has 0 radical (unpaired) electrons. The van der Waals surface area contributed by atoms with Gasteiger partial charge in [-0.05, 0) is 30.3 Å². The summed E-state index contributed by atoms with van der Waals surface area (Å²) in [5, 5.41) is 0.536. The molecule has 7 heteroatoms. The quantitative estimate of drug-likeness (QED) is 0.871. The maximum Gasteiger partial charge on any atom is 0.184 e. The van der Waals surface area contributed by atoms with E-state index in [9.17, 15) is 12.8 Å². The minimum atomic E-state index is -3.76. The Bertz CT molecular complexity index is 763. The second-order valence-electron chi connectivity index (χ2n) is 4.18. The number of anilines is 1. The van der Waals surface area contributed by atoms with Crippen LogP contribution >= 0.6 is 23.2 Å². The zero-order valence-electron chi connectivity index (χ0n) is 10.1. The lowest BCUT2D eigenvalue weighted by Crippen LogP contribution is -2.09. The van der Waals surface area contributed by atoms with Crippen LogP contribution in [0.5, 0.6) is 0 Å². The molecule has 3 nitrogen and oxygen atoms in total. The molecule has 0 heterocycles. The van der Waals surface area contributed by atoms with Crippen molar-refractivity contribution >= 4 is 38.7 Å². The van der Waals surface area contributed by atoms with Crippen molar-refractivity contribution in [3.8, 4) is 0 Å². The number of hydrogen-bond donors (Lipinski definition) is 1. The molecule has 0 saturated heterocycles. The van der Waals surface area contributed by atoms with Crippen LogP contribution in [0.3, 0.4) is 0 Å². The molecule has 2 aromatic carbocycles. The summed E-state index contributed by atoms with van der Waals surface area (Å²) in [7, 11) is -3.76. The third kappa shape index (κ3) is 3.23. The van der Waals surface area contributed by atoms with E-state index >= 15 is 0 Å². The highest BCUT2D eigenvalue weighted by molar-refractivity contribution is 7.90. The summed E-state index contributed by atoms with van der Waals surface area (Å²) in [6.07, 6.45) is 0. The molecule has 20 heavy (non-hydrogen) atoms. The van der Waals surface area contributed by atoms with Crippen LogP contribution in [-0.4, -0.2) is 8.42 Å². The summed E-state index contributed by atoms with van der Waals surface area (Å²) in [5.74, 6) is -1.17. The molecule has 0 unspecified atom stereocenters. The molecule has 0 saturated carbocycles. The van der Waals surface area contributed by atoms with Gasteiger partial charge in [0.15, 0.2) is 9.84 Å². The average Bonchev–Trinajstić information content (AvgIpc) is 2.32. The van der Waals surface area contributed by atoms with Gasteiger partial charge in [0.2, 0.25) is 0 Å². The van der Waals surface area contributed by atoms with Crippen LogP contribution in [-0.2, 0) is 15.6 Å². The van der Waals surface area contributed by atoms with Gasteiger partial charge >= 0.3 is 0 Å². The van der Waals surface area contributed by atoms with E-state index in [2.05, 4.69) is 0 Å². The van der Waals surface area contributed by atoms with Crippen molar-refractivity contribution in [2.24, 2.45) is 0 Å². The first-order valence-corrected chi connectivity index (χ1v) is 7.92. The standard InChI is InChI=1S/C13H10Cl2FNO2S/c14-9-2-1-8(11(16)5-9)7-20(18,19)13-4-3-10(15)6-12(13)17/h1-6H,7,17H2. The van der Waals surface area contributed by atoms with Gasteiger partial charge in [0.1, 0.15) is 5.82 Å². The highest BCUT2D eigenvalue weighted by atomic mass is 35.5. The van der Waals surface area contributed by atoms with E-state index in [-0.39, 0.29) is 21.2 Å². The number of benzene rings is 2. The van der Waals surface area contributed by atoms with Gasteiger partial charge in [-0.25, -0.2) is 12.8 Å². The molecular weight excluding hydrogens is 324 g/mol. The summed E-state index contributed by atoms with van der Waals surface area (Å²) >= 11 is 11.3. The fourth-order valence-corrected chi connectivity index (χ4v) is 3.56. The molecule has 2 aromatic rings. The maximum absolute atomic E-state index is 13.7. The molecule has 0 fully saturated rings. The first-order chi connectivity index (χ1) is 9.29. The van der Waals surface area contributed by atoms with Crippen LogP contribution in [0.15, 0.2) is 41.3 Å². The van der Waals surface area contributed by atoms with Gasteiger partial charge in [-0.2, -0.15) is 0 Å². The third-order valence-corrected chi connectivity index (χ3v) is 4.87. The van der Waals surface area contributed by atoms with Gasteiger partial charge < -0.3 is 5.73 Å². The molecule has 0 aliphatic heterocycles. The molecule has 2 rings (SSSR count). The summed E-state index contributed by atoms with van der Waals surface area (Å²) in [5.41, 5.74) is 5.71. The molecule has 106 valence electrons. The zero-order valence-corrected chi connectivity index (χ0v) is 12.4. The molecular formula is C13H10Cl2FNO2S. The van der Waals surface area contributed by atoms with Gasteiger partial charge in [-0.1, -0.05) is 29.3 Å². The Balaban J connectivity index is 2.41. The van der Waals surface area contributed by atoms with Gasteiger partial charge in [0.25, 0.3) is 0 Å². The van der Waals surface area contributed by atoms with Crippen LogP contribution in [0.1, 0.15) is 5.56 Å². The van der Waals surface area contributed by atoms with E-state index in [0.29, 0.717) is 5.02 Å². The van der Waals surface area contributed by atoms with Crippen molar-refractivity contribution < 1.29 is 12.8 Å². The minimum absolute atomic E-state index is 0.0313. The Kier molecular flexibility index (Phi) is 4.22. The van der Waals surface area contributed by atoms with Crippen molar-refractivity contribution in [2.75, 3.05) is 5.73 Å². The second-order valence-corrected chi connectivity index (χ2v) is 7.01. The number of sulfone groups is 1. The van der Waals surface area contributed by atoms with Crippen molar-refractivity contribution in [1.82, 2.24) is 0 Å². The predicted molar refractivity (Wildman–Crippen MR) is 78.2 cm³/mol. The molecule has 0 atom stereocenters. The number of nitrogen functional groups attached to an aromatic ring is 1. The number of nitrogens with two attached hydrogens (primary N) is 1. The molecule has 0 aliphatic rings. The number of rotatable bonds is 3.